The summed E-state index contributed by atoms with van der Waals surface area (Å²) in [4.78, 5) is 24.8. The number of halogens is 2. The van der Waals surface area contributed by atoms with Crippen molar-refractivity contribution in [2.45, 2.75) is 19.9 Å². The number of hydrogen-bond acceptors (Lipinski definition) is 3. The Hall–Kier alpha value is -2.18. The van der Waals surface area contributed by atoms with Crippen molar-refractivity contribution in [1.29, 1.82) is 0 Å². The van der Waals surface area contributed by atoms with E-state index in [0.29, 0.717) is 10.6 Å². The van der Waals surface area contributed by atoms with Crippen LogP contribution in [-0.2, 0) is 4.79 Å². The molecule has 2 aromatic rings. The third-order valence-corrected chi connectivity index (χ3v) is 4.29. The Morgan fingerprint density at radius 3 is 2.54 bits per heavy atom. The zero-order chi connectivity index (χ0) is 19.1. The van der Waals surface area contributed by atoms with Gasteiger partial charge in [-0.25, -0.2) is 5.43 Å². The SMILES string of the molecule is CC(C)C(NC(=O)c1cccc(Cl)c1)C(=O)NN=Cc1cccc(Br)c1. The number of nitrogens with one attached hydrogen (secondary N) is 2. The monoisotopic (exact) mass is 435 g/mol. The number of hydrazone groups is 1. The molecule has 5 nitrogen and oxygen atoms in total. The maximum Gasteiger partial charge on any atom is 0.262 e. The van der Waals surface area contributed by atoms with Crippen LogP contribution in [0.4, 0.5) is 0 Å². The lowest BCUT2D eigenvalue weighted by Crippen LogP contribution is -2.48. The maximum atomic E-state index is 12.4. The zero-order valence-corrected chi connectivity index (χ0v) is 16.7. The number of carbonyl (C=O) groups excluding carboxylic acids is 2. The van der Waals surface area contributed by atoms with Gasteiger partial charge in [-0.2, -0.15) is 5.10 Å². The zero-order valence-electron chi connectivity index (χ0n) is 14.4. The Morgan fingerprint density at radius 1 is 1.15 bits per heavy atom. The van der Waals surface area contributed by atoms with E-state index in [9.17, 15) is 9.59 Å². The van der Waals surface area contributed by atoms with Crippen LogP contribution in [0.5, 0.6) is 0 Å². The van der Waals surface area contributed by atoms with Crippen molar-refractivity contribution in [3.63, 3.8) is 0 Å². The molecule has 0 saturated carbocycles. The van der Waals surface area contributed by atoms with Crippen LogP contribution in [0.3, 0.4) is 0 Å². The minimum absolute atomic E-state index is 0.112. The van der Waals surface area contributed by atoms with Gasteiger partial charge in [0.1, 0.15) is 6.04 Å². The second-order valence-corrected chi connectivity index (χ2v) is 7.35. The van der Waals surface area contributed by atoms with Gasteiger partial charge in [0.05, 0.1) is 6.21 Å². The molecule has 0 fully saturated rings. The third kappa shape index (κ3) is 5.97. The van der Waals surface area contributed by atoms with Crippen LogP contribution in [-0.4, -0.2) is 24.1 Å². The molecule has 0 bridgehead atoms. The molecular weight excluding hydrogens is 418 g/mol. The fraction of sp³-hybridized carbons (Fsp3) is 0.211. The molecule has 2 amide bonds. The number of carbonyl (C=O) groups is 2. The van der Waals surface area contributed by atoms with E-state index in [-0.39, 0.29) is 17.7 Å². The quantitative estimate of drug-likeness (QED) is 0.530. The summed E-state index contributed by atoms with van der Waals surface area (Å²) in [5, 5.41) is 7.15. The summed E-state index contributed by atoms with van der Waals surface area (Å²) in [7, 11) is 0. The summed E-state index contributed by atoms with van der Waals surface area (Å²) < 4.78 is 0.918. The van der Waals surface area contributed by atoms with Gasteiger partial charge in [-0.15, -0.1) is 0 Å². The molecule has 2 N–H and O–H groups in total. The van der Waals surface area contributed by atoms with E-state index in [1.807, 2.05) is 38.1 Å². The van der Waals surface area contributed by atoms with Crippen molar-refractivity contribution < 1.29 is 9.59 Å². The Balaban J connectivity index is 2.02. The van der Waals surface area contributed by atoms with Gasteiger partial charge in [0.25, 0.3) is 11.8 Å². The first-order valence-corrected chi connectivity index (χ1v) is 9.19. The fourth-order valence-corrected chi connectivity index (χ4v) is 2.82. The summed E-state index contributed by atoms with van der Waals surface area (Å²) in [6.45, 7) is 3.70. The van der Waals surface area contributed by atoms with Gasteiger partial charge in [0.15, 0.2) is 0 Å². The Bertz CT molecular complexity index is 824. The summed E-state index contributed by atoms with van der Waals surface area (Å²) in [6, 6.07) is 13.3. The second-order valence-electron chi connectivity index (χ2n) is 5.99. The van der Waals surface area contributed by atoms with Crippen molar-refractivity contribution in [3.05, 3.63) is 69.2 Å². The van der Waals surface area contributed by atoms with Crippen molar-refractivity contribution in [2.24, 2.45) is 11.0 Å². The molecule has 0 aromatic heterocycles. The molecule has 2 aromatic carbocycles. The van der Waals surface area contributed by atoms with Crippen LogP contribution in [0.2, 0.25) is 5.02 Å². The van der Waals surface area contributed by atoms with E-state index in [1.54, 1.807) is 30.5 Å². The highest BCUT2D eigenvalue weighted by Gasteiger charge is 2.24. The third-order valence-electron chi connectivity index (χ3n) is 3.56. The van der Waals surface area contributed by atoms with Crippen molar-refractivity contribution in [2.75, 3.05) is 0 Å². The molecule has 0 heterocycles. The van der Waals surface area contributed by atoms with E-state index in [1.165, 1.54) is 0 Å². The standard InChI is InChI=1S/C19H19BrClN3O2/c1-12(2)17(23-18(25)14-6-4-8-16(21)10-14)19(26)24-22-11-13-5-3-7-15(20)9-13/h3-12,17H,1-2H3,(H,23,25)(H,24,26). The molecule has 1 unspecified atom stereocenters. The number of rotatable bonds is 6. The Labute approximate surface area is 166 Å². The summed E-state index contributed by atoms with van der Waals surface area (Å²) >= 11 is 9.28. The van der Waals surface area contributed by atoms with Gasteiger partial charge in [0, 0.05) is 15.1 Å². The van der Waals surface area contributed by atoms with Crippen LogP contribution in [0, 0.1) is 5.92 Å². The molecule has 7 heteroatoms. The van der Waals surface area contributed by atoms with Crippen molar-refractivity contribution in [3.8, 4) is 0 Å². The van der Waals surface area contributed by atoms with Crippen LogP contribution in [0.25, 0.3) is 0 Å². The average molecular weight is 437 g/mol. The van der Waals surface area contributed by atoms with Gasteiger partial charge in [-0.05, 0) is 41.8 Å². The lowest BCUT2D eigenvalue weighted by atomic mass is 10.0. The van der Waals surface area contributed by atoms with Crippen LogP contribution in [0.1, 0.15) is 29.8 Å². The van der Waals surface area contributed by atoms with E-state index in [2.05, 4.69) is 31.8 Å². The smallest absolute Gasteiger partial charge is 0.262 e. The highest BCUT2D eigenvalue weighted by atomic mass is 79.9. The predicted molar refractivity (Wildman–Crippen MR) is 107 cm³/mol. The predicted octanol–water partition coefficient (Wildman–Crippen LogP) is 4.01. The first-order valence-electron chi connectivity index (χ1n) is 8.01. The van der Waals surface area contributed by atoms with E-state index >= 15 is 0 Å². The first-order chi connectivity index (χ1) is 12.4. The van der Waals surface area contributed by atoms with Gasteiger partial charge in [0.2, 0.25) is 0 Å². The second kappa shape index (κ2) is 9.50. The Morgan fingerprint density at radius 2 is 1.88 bits per heavy atom. The van der Waals surface area contributed by atoms with E-state index in [4.69, 9.17) is 11.6 Å². The lowest BCUT2D eigenvalue weighted by molar-refractivity contribution is -0.123. The molecule has 0 radical (unpaired) electrons. The molecule has 0 aliphatic rings. The average Bonchev–Trinajstić information content (AvgIpc) is 2.59. The minimum Gasteiger partial charge on any atom is -0.340 e. The number of hydrogen-bond donors (Lipinski definition) is 2. The highest BCUT2D eigenvalue weighted by Crippen LogP contribution is 2.12. The largest absolute Gasteiger partial charge is 0.340 e. The lowest BCUT2D eigenvalue weighted by Gasteiger charge is -2.20. The Kier molecular flexibility index (Phi) is 7.36. The highest BCUT2D eigenvalue weighted by molar-refractivity contribution is 9.10. The summed E-state index contributed by atoms with van der Waals surface area (Å²) in [5.41, 5.74) is 3.71. The summed E-state index contributed by atoms with van der Waals surface area (Å²) in [5.74, 6) is -0.863. The van der Waals surface area contributed by atoms with Gasteiger partial charge >= 0.3 is 0 Å². The first kappa shape index (κ1) is 20.1. The van der Waals surface area contributed by atoms with Crippen molar-refractivity contribution in [1.82, 2.24) is 10.7 Å². The van der Waals surface area contributed by atoms with E-state index < -0.39 is 6.04 Å². The molecule has 136 valence electrons. The van der Waals surface area contributed by atoms with Crippen LogP contribution >= 0.6 is 27.5 Å². The fourth-order valence-electron chi connectivity index (χ4n) is 2.22. The topological polar surface area (TPSA) is 70.6 Å². The van der Waals surface area contributed by atoms with Crippen LogP contribution in [0.15, 0.2) is 58.1 Å². The molecule has 0 aliphatic carbocycles. The molecule has 26 heavy (non-hydrogen) atoms. The van der Waals surface area contributed by atoms with Gasteiger partial charge < -0.3 is 5.32 Å². The maximum absolute atomic E-state index is 12.4. The van der Waals surface area contributed by atoms with Gasteiger partial charge in [-0.1, -0.05) is 59.6 Å². The molecule has 0 saturated heterocycles. The number of benzene rings is 2. The minimum atomic E-state index is -0.721. The number of amides is 2. The van der Waals surface area contributed by atoms with E-state index in [0.717, 1.165) is 10.0 Å². The normalized spacial score (nSPS) is 12.2. The molecule has 1 atom stereocenters. The molecular formula is C19H19BrClN3O2. The number of nitrogens with zero attached hydrogens (tertiary/aromatic N) is 1. The van der Waals surface area contributed by atoms with Crippen molar-refractivity contribution >= 4 is 45.6 Å². The molecule has 0 aliphatic heterocycles. The summed E-state index contributed by atoms with van der Waals surface area (Å²) in [6.07, 6.45) is 1.54. The molecule has 0 spiro atoms. The molecule has 2 rings (SSSR count). The van der Waals surface area contributed by atoms with Gasteiger partial charge in [-0.3, -0.25) is 9.59 Å². The van der Waals surface area contributed by atoms with Crippen LogP contribution < -0.4 is 10.7 Å².